The van der Waals surface area contributed by atoms with Gasteiger partial charge in [0.15, 0.2) is 5.76 Å². The number of Topliss-reactive ketones (excluding diaryl/α,β-unsaturated/α-hetero) is 1. The number of carbonyl (C=O) groups is 2. The fourth-order valence-corrected chi connectivity index (χ4v) is 4.38. The number of nitrogens with zero attached hydrogens (tertiary/aromatic N) is 4. The molecule has 1 unspecified atom stereocenters. The molecule has 1 fully saturated rings. The normalized spacial score (nSPS) is 17.8. The van der Waals surface area contributed by atoms with Gasteiger partial charge in [-0.1, -0.05) is 18.2 Å². The molecule has 1 aliphatic rings. The molecule has 1 aromatic carbocycles. The van der Waals surface area contributed by atoms with Gasteiger partial charge in [-0.3, -0.25) is 9.59 Å². The second kappa shape index (κ2) is 9.30. The number of aryl methyl sites for hydroxylation is 2. The van der Waals surface area contributed by atoms with Gasteiger partial charge in [0.1, 0.15) is 17.1 Å². The molecule has 1 aliphatic heterocycles. The van der Waals surface area contributed by atoms with Gasteiger partial charge in [-0.2, -0.15) is 0 Å². The number of hydrogen-bond donors (Lipinski definition) is 1. The highest BCUT2D eigenvalue weighted by Crippen LogP contribution is 2.40. The van der Waals surface area contributed by atoms with Crippen LogP contribution in [0.2, 0.25) is 0 Å². The standard InChI is InChI=1S/C26H30N4O4/c1-6-34-19-11-7-10-18(15-19)22-20(24(32)26(33)30(22)14-13-28(4)5)23(31)21-17(3)29-12-8-9-16(2)25(29)27-21/h7-12,15,22,31H,6,13-14H2,1-5H3/b23-20+. The van der Waals surface area contributed by atoms with Crippen molar-refractivity contribution in [1.82, 2.24) is 19.2 Å². The van der Waals surface area contributed by atoms with Crippen LogP contribution < -0.4 is 4.74 Å². The van der Waals surface area contributed by atoms with Crippen molar-refractivity contribution < 1.29 is 19.4 Å². The summed E-state index contributed by atoms with van der Waals surface area (Å²) < 4.78 is 7.53. The average Bonchev–Trinajstić information content (AvgIpc) is 3.27. The number of carbonyl (C=O) groups excluding carboxylic acids is 2. The van der Waals surface area contributed by atoms with Crippen LogP contribution in [0.3, 0.4) is 0 Å². The Morgan fingerprint density at radius 2 is 1.94 bits per heavy atom. The summed E-state index contributed by atoms with van der Waals surface area (Å²) in [5.74, 6) is -0.972. The summed E-state index contributed by atoms with van der Waals surface area (Å²) in [5, 5.41) is 11.4. The van der Waals surface area contributed by atoms with E-state index in [1.807, 2.05) is 86.8 Å². The highest BCUT2D eigenvalue weighted by molar-refractivity contribution is 6.46. The number of aromatic nitrogens is 2. The van der Waals surface area contributed by atoms with Crippen LogP contribution in [0, 0.1) is 13.8 Å². The summed E-state index contributed by atoms with van der Waals surface area (Å²) in [7, 11) is 3.81. The monoisotopic (exact) mass is 462 g/mol. The van der Waals surface area contributed by atoms with Crippen LogP contribution in [0.15, 0.2) is 48.2 Å². The van der Waals surface area contributed by atoms with Crippen molar-refractivity contribution in [2.24, 2.45) is 0 Å². The first-order valence-electron chi connectivity index (χ1n) is 11.3. The lowest BCUT2D eigenvalue weighted by atomic mass is 9.96. The molecule has 8 nitrogen and oxygen atoms in total. The van der Waals surface area contributed by atoms with Gasteiger partial charge in [0.25, 0.3) is 11.7 Å². The molecule has 178 valence electrons. The maximum Gasteiger partial charge on any atom is 0.295 e. The third kappa shape index (κ3) is 4.05. The fourth-order valence-electron chi connectivity index (χ4n) is 4.38. The Hall–Kier alpha value is -3.65. The van der Waals surface area contributed by atoms with Gasteiger partial charge in [0.2, 0.25) is 0 Å². The molecule has 0 spiro atoms. The molecule has 0 saturated carbocycles. The maximum atomic E-state index is 13.3. The minimum atomic E-state index is -0.745. The van der Waals surface area contributed by atoms with E-state index in [-0.39, 0.29) is 11.3 Å². The zero-order chi connectivity index (χ0) is 24.6. The Bertz CT molecular complexity index is 1290. The van der Waals surface area contributed by atoms with Crippen molar-refractivity contribution in [2.75, 3.05) is 33.8 Å². The number of likely N-dealkylation sites (tertiary alicyclic amines) is 1. The molecule has 34 heavy (non-hydrogen) atoms. The number of ketones is 1. The third-order valence-electron chi connectivity index (χ3n) is 6.12. The molecule has 3 heterocycles. The third-order valence-corrected chi connectivity index (χ3v) is 6.12. The zero-order valence-corrected chi connectivity index (χ0v) is 20.2. The van der Waals surface area contributed by atoms with E-state index < -0.39 is 17.7 Å². The van der Waals surface area contributed by atoms with E-state index in [0.29, 0.717) is 48.0 Å². The Morgan fingerprint density at radius 3 is 2.62 bits per heavy atom. The summed E-state index contributed by atoms with van der Waals surface area (Å²) in [6.45, 7) is 7.06. The molecule has 1 saturated heterocycles. The lowest BCUT2D eigenvalue weighted by Gasteiger charge is -2.26. The first kappa shape index (κ1) is 23.5. The van der Waals surface area contributed by atoms with E-state index in [1.165, 1.54) is 4.90 Å². The molecule has 1 N–H and O–H groups in total. The zero-order valence-electron chi connectivity index (χ0n) is 20.2. The number of aliphatic hydroxyl groups is 1. The van der Waals surface area contributed by atoms with Crippen molar-refractivity contribution in [1.29, 1.82) is 0 Å². The van der Waals surface area contributed by atoms with Crippen molar-refractivity contribution >= 4 is 23.1 Å². The SMILES string of the molecule is CCOc1cccc(C2/C(=C(\O)c3nc4c(C)cccn4c3C)C(=O)C(=O)N2CCN(C)C)c1. The lowest BCUT2D eigenvalue weighted by molar-refractivity contribution is -0.140. The predicted molar refractivity (Wildman–Crippen MR) is 130 cm³/mol. The van der Waals surface area contributed by atoms with Crippen LogP contribution in [-0.2, 0) is 9.59 Å². The molecule has 8 heteroatoms. The van der Waals surface area contributed by atoms with Crippen molar-refractivity contribution in [3.63, 3.8) is 0 Å². The van der Waals surface area contributed by atoms with E-state index >= 15 is 0 Å². The maximum absolute atomic E-state index is 13.3. The highest BCUT2D eigenvalue weighted by Gasteiger charge is 2.46. The number of benzene rings is 1. The number of ether oxygens (including phenoxy) is 1. The Balaban J connectivity index is 1.91. The summed E-state index contributed by atoms with van der Waals surface area (Å²) in [6.07, 6.45) is 1.86. The van der Waals surface area contributed by atoms with E-state index in [0.717, 1.165) is 5.56 Å². The molecule has 0 radical (unpaired) electrons. The summed E-state index contributed by atoms with van der Waals surface area (Å²) in [4.78, 5) is 34.5. The molecule has 1 atom stereocenters. The molecule has 4 rings (SSSR count). The van der Waals surface area contributed by atoms with Crippen LogP contribution in [0.1, 0.15) is 35.5 Å². The molecular weight excluding hydrogens is 432 g/mol. The number of hydrogen-bond acceptors (Lipinski definition) is 6. The van der Waals surface area contributed by atoms with E-state index in [1.54, 1.807) is 0 Å². The summed E-state index contributed by atoms with van der Waals surface area (Å²) in [5.41, 5.74) is 3.36. The number of pyridine rings is 1. The van der Waals surface area contributed by atoms with Crippen LogP contribution >= 0.6 is 0 Å². The molecule has 1 amide bonds. The van der Waals surface area contributed by atoms with Gasteiger partial charge in [0.05, 0.1) is 23.9 Å². The fraction of sp³-hybridized carbons (Fsp3) is 0.346. The van der Waals surface area contributed by atoms with Gasteiger partial charge < -0.3 is 24.0 Å². The number of aliphatic hydroxyl groups excluding tert-OH is 1. The number of fused-ring (bicyclic) bond motifs is 1. The van der Waals surface area contributed by atoms with Crippen LogP contribution in [0.5, 0.6) is 5.75 Å². The first-order chi connectivity index (χ1) is 16.2. The quantitative estimate of drug-likeness (QED) is 0.329. The lowest BCUT2D eigenvalue weighted by Crippen LogP contribution is -2.35. The number of imidazole rings is 1. The minimum Gasteiger partial charge on any atom is -0.505 e. The second-order valence-corrected chi connectivity index (χ2v) is 8.73. The van der Waals surface area contributed by atoms with Crippen LogP contribution in [0.25, 0.3) is 11.4 Å². The van der Waals surface area contributed by atoms with Crippen LogP contribution in [0.4, 0.5) is 0 Å². The topological polar surface area (TPSA) is 87.4 Å². The Kier molecular flexibility index (Phi) is 6.43. The predicted octanol–water partition coefficient (Wildman–Crippen LogP) is 3.33. The summed E-state index contributed by atoms with van der Waals surface area (Å²) in [6, 6.07) is 10.4. The number of likely N-dealkylation sites (N-methyl/N-ethyl adjacent to an activating group) is 1. The van der Waals surface area contributed by atoms with Gasteiger partial charge >= 0.3 is 0 Å². The Morgan fingerprint density at radius 1 is 1.18 bits per heavy atom. The first-order valence-corrected chi connectivity index (χ1v) is 11.3. The van der Waals surface area contributed by atoms with E-state index in [4.69, 9.17) is 4.74 Å². The molecule has 2 aromatic heterocycles. The van der Waals surface area contributed by atoms with Gasteiger partial charge in [-0.25, -0.2) is 4.98 Å². The molecular formula is C26H30N4O4. The smallest absolute Gasteiger partial charge is 0.295 e. The second-order valence-electron chi connectivity index (χ2n) is 8.73. The number of rotatable bonds is 7. The van der Waals surface area contributed by atoms with E-state index in [9.17, 15) is 14.7 Å². The van der Waals surface area contributed by atoms with Crippen molar-refractivity contribution in [2.45, 2.75) is 26.8 Å². The van der Waals surface area contributed by atoms with Crippen molar-refractivity contribution in [3.8, 4) is 5.75 Å². The van der Waals surface area contributed by atoms with E-state index in [2.05, 4.69) is 4.98 Å². The Labute approximate surface area is 199 Å². The highest BCUT2D eigenvalue weighted by atomic mass is 16.5. The van der Waals surface area contributed by atoms with Gasteiger partial charge in [-0.05, 0) is 64.2 Å². The minimum absolute atomic E-state index is 0.0431. The average molecular weight is 463 g/mol. The number of amides is 1. The van der Waals surface area contributed by atoms with Crippen molar-refractivity contribution in [3.05, 3.63) is 70.7 Å². The largest absolute Gasteiger partial charge is 0.505 e. The summed E-state index contributed by atoms with van der Waals surface area (Å²) >= 11 is 0. The molecule has 0 bridgehead atoms. The van der Waals surface area contributed by atoms with Crippen LogP contribution in [-0.4, -0.2) is 69.8 Å². The molecule has 3 aromatic rings. The van der Waals surface area contributed by atoms with Gasteiger partial charge in [0, 0.05) is 19.3 Å². The van der Waals surface area contributed by atoms with Gasteiger partial charge in [-0.15, -0.1) is 0 Å². The molecule has 0 aliphatic carbocycles.